The van der Waals surface area contributed by atoms with Gasteiger partial charge in [0.15, 0.2) is 0 Å². The summed E-state index contributed by atoms with van der Waals surface area (Å²) in [5.74, 6) is -0.0999. The maximum Gasteiger partial charge on any atom is 0.254 e. The molecule has 0 radical (unpaired) electrons. The average Bonchev–Trinajstić information content (AvgIpc) is 2.28. The third-order valence-electron chi connectivity index (χ3n) is 2.61. The molecule has 0 aliphatic carbocycles. The highest BCUT2D eigenvalue weighted by Crippen LogP contribution is 2.07. The summed E-state index contributed by atoms with van der Waals surface area (Å²) in [7, 11) is 0. The van der Waals surface area contributed by atoms with Gasteiger partial charge >= 0.3 is 0 Å². The van der Waals surface area contributed by atoms with Gasteiger partial charge in [-0.1, -0.05) is 38.8 Å². The highest BCUT2D eigenvalue weighted by molar-refractivity contribution is 5.94. The third kappa shape index (κ3) is 4.98. The standard InChI is InChI=1S/C14H20FNO/c1-11(2)7-5-6-10-16-14(17)12-8-3-4-9-13(12)15/h3-4,8-9,11H,5-7,10H2,1-2H3,(H,16,17). The zero-order chi connectivity index (χ0) is 12.7. The molecule has 0 heterocycles. The molecule has 0 fully saturated rings. The van der Waals surface area contributed by atoms with Gasteiger partial charge in [0, 0.05) is 6.54 Å². The van der Waals surface area contributed by atoms with Gasteiger partial charge in [-0.2, -0.15) is 0 Å². The van der Waals surface area contributed by atoms with Crippen LogP contribution in [0.2, 0.25) is 0 Å². The molecule has 3 heteroatoms. The minimum Gasteiger partial charge on any atom is -0.352 e. The molecule has 2 nitrogen and oxygen atoms in total. The van der Waals surface area contributed by atoms with Crippen LogP contribution in [0.5, 0.6) is 0 Å². The summed E-state index contributed by atoms with van der Waals surface area (Å²) >= 11 is 0. The summed E-state index contributed by atoms with van der Waals surface area (Å²) in [4.78, 5) is 11.6. The third-order valence-corrected chi connectivity index (χ3v) is 2.61. The van der Waals surface area contributed by atoms with Crippen molar-refractivity contribution in [1.82, 2.24) is 5.32 Å². The first-order valence-corrected chi connectivity index (χ1v) is 6.14. The number of amides is 1. The van der Waals surface area contributed by atoms with Gasteiger partial charge < -0.3 is 5.32 Å². The number of unbranched alkanes of at least 4 members (excludes halogenated alkanes) is 1. The van der Waals surface area contributed by atoms with Gasteiger partial charge in [0.05, 0.1) is 5.56 Å². The van der Waals surface area contributed by atoms with Crippen molar-refractivity contribution < 1.29 is 9.18 Å². The number of rotatable bonds is 6. The highest BCUT2D eigenvalue weighted by atomic mass is 19.1. The van der Waals surface area contributed by atoms with Gasteiger partial charge in [-0.05, 0) is 24.5 Å². The van der Waals surface area contributed by atoms with Crippen LogP contribution in [0.1, 0.15) is 43.5 Å². The predicted molar refractivity (Wildman–Crippen MR) is 67.4 cm³/mol. The quantitative estimate of drug-likeness (QED) is 0.755. The molecule has 1 rings (SSSR count). The van der Waals surface area contributed by atoms with Crippen LogP contribution < -0.4 is 5.32 Å². The van der Waals surface area contributed by atoms with Crippen LogP contribution in [0.15, 0.2) is 24.3 Å². The van der Waals surface area contributed by atoms with Crippen molar-refractivity contribution in [3.63, 3.8) is 0 Å². The van der Waals surface area contributed by atoms with Crippen LogP contribution >= 0.6 is 0 Å². The summed E-state index contributed by atoms with van der Waals surface area (Å²) in [6.07, 6.45) is 3.20. The number of halogens is 1. The van der Waals surface area contributed by atoms with E-state index in [4.69, 9.17) is 0 Å². The van der Waals surface area contributed by atoms with E-state index in [0.29, 0.717) is 12.5 Å². The van der Waals surface area contributed by atoms with Crippen LogP contribution in [0, 0.1) is 11.7 Å². The number of hydrogen-bond acceptors (Lipinski definition) is 1. The van der Waals surface area contributed by atoms with Gasteiger partial charge in [-0.25, -0.2) is 4.39 Å². The Morgan fingerprint density at radius 3 is 2.65 bits per heavy atom. The second-order valence-electron chi connectivity index (χ2n) is 4.63. The minimum absolute atomic E-state index is 0.122. The molecular formula is C14H20FNO. The van der Waals surface area contributed by atoms with Crippen molar-refractivity contribution in [1.29, 1.82) is 0 Å². The van der Waals surface area contributed by atoms with E-state index in [0.717, 1.165) is 19.3 Å². The van der Waals surface area contributed by atoms with Gasteiger partial charge in [0.2, 0.25) is 0 Å². The lowest BCUT2D eigenvalue weighted by atomic mass is 10.1. The molecule has 1 aromatic rings. The molecule has 1 N–H and O–H groups in total. The zero-order valence-electron chi connectivity index (χ0n) is 10.5. The molecule has 94 valence electrons. The first kappa shape index (κ1) is 13.7. The Hall–Kier alpha value is -1.38. The molecule has 0 atom stereocenters. The van der Waals surface area contributed by atoms with Gasteiger partial charge in [0.1, 0.15) is 5.82 Å². The van der Waals surface area contributed by atoms with E-state index in [1.807, 2.05) is 0 Å². The molecule has 0 aliphatic heterocycles. The fraction of sp³-hybridized carbons (Fsp3) is 0.500. The molecule has 17 heavy (non-hydrogen) atoms. The fourth-order valence-corrected chi connectivity index (χ4v) is 1.62. The number of carbonyl (C=O) groups excluding carboxylic acids is 1. The molecule has 1 aromatic carbocycles. The van der Waals surface area contributed by atoms with E-state index < -0.39 is 5.82 Å². The van der Waals surface area contributed by atoms with Crippen molar-refractivity contribution >= 4 is 5.91 Å². The van der Waals surface area contributed by atoms with Crippen LogP contribution in [0.3, 0.4) is 0 Å². The van der Waals surface area contributed by atoms with E-state index in [1.165, 1.54) is 12.1 Å². The lowest BCUT2D eigenvalue weighted by molar-refractivity contribution is 0.0949. The van der Waals surface area contributed by atoms with Crippen molar-refractivity contribution in [3.05, 3.63) is 35.6 Å². The van der Waals surface area contributed by atoms with Crippen LogP contribution in [0.4, 0.5) is 4.39 Å². The van der Waals surface area contributed by atoms with Crippen molar-refractivity contribution in [3.8, 4) is 0 Å². The van der Waals surface area contributed by atoms with Gasteiger partial charge in [-0.3, -0.25) is 4.79 Å². The van der Waals surface area contributed by atoms with E-state index in [2.05, 4.69) is 19.2 Å². The second-order valence-corrected chi connectivity index (χ2v) is 4.63. The lowest BCUT2D eigenvalue weighted by Gasteiger charge is -2.07. The summed E-state index contributed by atoms with van der Waals surface area (Å²) < 4.78 is 13.3. The molecule has 0 saturated carbocycles. The van der Waals surface area contributed by atoms with Gasteiger partial charge in [0.25, 0.3) is 5.91 Å². The lowest BCUT2D eigenvalue weighted by Crippen LogP contribution is -2.25. The molecule has 1 amide bonds. The SMILES string of the molecule is CC(C)CCCCNC(=O)c1ccccc1F. The minimum atomic E-state index is -0.466. The smallest absolute Gasteiger partial charge is 0.254 e. The number of nitrogens with one attached hydrogen (secondary N) is 1. The van der Waals surface area contributed by atoms with Crippen molar-refractivity contribution in [2.24, 2.45) is 5.92 Å². The summed E-state index contributed by atoms with van der Waals surface area (Å²) in [6, 6.07) is 6.04. The van der Waals surface area contributed by atoms with Crippen LogP contribution in [-0.4, -0.2) is 12.5 Å². The Bertz CT molecular complexity index is 363. The average molecular weight is 237 g/mol. The molecule has 0 bridgehead atoms. The predicted octanol–water partition coefficient (Wildman–Crippen LogP) is 3.38. The summed E-state index contributed by atoms with van der Waals surface area (Å²) in [6.45, 7) is 4.97. The number of benzene rings is 1. The van der Waals surface area contributed by atoms with Crippen molar-refractivity contribution in [2.45, 2.75) is 33.1 Å². The molecular weight excluding hydrogens is 217 g/mol. The Balaban J connectivity index is 2.29. The molecule has 0 aliphatic rings. The second kappa shape index (κ2) is 7.05. The maximum atomic E-state index is 13.3. The summed E-state index contributed by atoms with van der Waals surface area (Å²) in [5, 5.41) is 2.73. The topological polar surface area (TPSA) is 29.1 Å². The zero-order valence-corrected chi connectivity index (χ0v) is 10.5. The van der Waals surface area contributed by atoms with Crippen LogP contribution in [-0.2, 0) is 0 Å². The van der Waals surface area contributed by atoms with Crippen LogP contribution in [0.25, 0.3) is 0 Å². The molecule has 0 saturated heterocycles. The molecule has 0 aromatic heterocycles. The Morgan fingerprint density at radius 1 is 1.29 bits per heavy atom. The highest BCUT2D eigenvalue weighted by Gasteiger charge is 2.09. The maximum absolute atomic E-state index is 13.3. The monoisotopic (exact) mass is 237 g/mol. The molecule has 0 unspecified atom stereocenters. The first-order chi connectivity index (χ1) is 8.11. The van der Waals surface area contributed by atoms with Gasteiger partial charge in [-0.15, -0.1) is 0 Å². The number of carbonyl (C=O) groups is 1. The first-order valence-electron chi connectivity index (χ1n) is 6.14. The van der Waals surface area contributed by atoms with E-state index >= 15 is 0 Å². The number of hydrogen-bond donors (Lipinski definition) is 1. The largest absolute Gasteiger partial charge is 0.352 e. The van der Waals surface area contributed by atoms with E-state index in [-0.39, 0.29) is 11.5 Å². The Kier molecular flexibility index (Phi) is 5.67. The van der Waals surface area contributed by atoms with Crippen molar-refractivity contribution in [2.75, 3.05) is 6.54 Å². The molecule has 0 spiro atoms. The summed E-state index contributed by atoms with van der Waals surface area (Å²) in [5.41, 5.74) is 0.122. The van der Waals surface area contributed by atoms with E-state index in [1.54, 1.807) is 12.1 Å². The Labute approximate surface area is 102 Å². The van der Waals surface area contributed by atoms with E-state index in [9.17, 15) is 9.18 Å². The Morgan fingerprint density at radius 2 is 2.00 bits per heavy atom. The normalized spacial score (nSPS) is 10.6. The fourth-order valence-electron chi connectivity index (χ4n) is 1.62.